The summed E-state index contributed by atoms with van der Waals surface area (Å²) in [6.07, 6.45) is 4.15. The van der Waals surface area contributed by atoms with E-state index in [0.717, 1.165) is 24.6 Å². The summed E-state index contributed by atoms with van der Waals surface area (Å²) >= 11 is 0. The molecule has 0 atom stereocenters. The molecule has 0 bridgehead atoms. The predicted molar refractivity (Wildman–Crippen MR) is 71.7 cm³/mol. The third-order valence-electron chi connectivity index (χ3n) is 3.72. The van der Waals surface area contributed by atoms with E-state index in [1.807, 2.05) is 12.1 Å². The SMILES string of the molecule is CCN(CC1CCC1)c1ccc(C(C)=O)cc1. The summed E-state index contributed by atoms with van der Waals surface area (Å²) < 4.78 is 0. The molecule has 17 heavy (non-hydrogen) atoms. The lowest BCUT2D eigenvalue weighted by molar-refractivity contribution is 0.101. The van der Waals surface area contributed by atoms with Gasteiger partial charge in [0.25, 0.3) is 0 Å². The minimum absolute atomic E-state index is 0.138. The van der Waals surface area contributed by atoms with E-state index in [4.69, 9.17) is 0 Å². The van der Waals surface area contributed by atoms with Crippen molar-refractivity contribution in [1.82, 2.24) is 0 Å². The molecule has 0 spiro atoms. The number of ketones is 1. The highest BCUT2D eigenvalue weighted by Crippen LogP contribution is 2.28. The minimum Gasteiger partial charge on any atom is -0.372 e. The number of carbonyl (C=O) groups excluding carboxylic acids is 1. The lowest BCUT2D eigenvalue weighted by Crippen LogP contribution is -2.32. The van der Waals surface area contributed by atoms with Gasteiger partial charge in [0.1, 0.15) is 0 Å². The number of rotatable bonds is 5. The Balaban J connectivity index is 2.04. The first-order valence-electron chi connectivity index (χ1n) is 6.56. The predicted octanol–water partition coefficient (Wildman–Crippen LogP) is 3.52. The Morgan fingerprint density at radius 2 is 1.94 bits per heavy atom. The molecular weight excluding hydrogens is 210 g/mol. The molecule has 0 radical (unpaired) electrons. The van der Waals surface area contributed by atoms with Crippen molar-refractivity contribution in [1.29, 1.82) is 0 Å². The number of anilines is 1. The van der Waals surface area contributed by atoms with Gasteiger partial charge >= 0.3 is 0 Å². The first-order valence-corrected chi connectivity index (χ1v) is 6.56. The molecule has 0 saturated heterocycles. The topological polar surface area (TPSA) is 20.3 Å². The fourth-order valence-corrected chi connectivity index (χ4v) is 2.31. The molecule has 1 fully saturated rings. The molecular formula is C15H21NO. The normalized spacial score (nSPS) is 15.4. The van der Waals surface area contributed by atoms with Crippen molar-refractivity contribution >= 4 is 11.5 Å². The third kappa shape index (κ3) is 2.87. The average Bonchev–Trinajstić information content (AvgIpc) is 2.28. The van der Waals surface area contributed by atoms with E-state index in [2.05, 4.69) is 24.0 Å². The van der Waals surface area contributed by atoms with Gasteiger partial charge in [-0.05, 0) is 56.9 Å². The van der Waals surface area contributed by atoms with Crippen molar-refractivity contribution in [2.45, 2.75) is 33.1 Å². The van der Waals surface area contributed by atoms with E-state index in [0.29, 0.717) is 0 Å². The summed E-state index contributed by atoms with van der Waals surface area (Å²) in [6, 6.07) is 8.00. The third-order valence-corrected chi connectivity index (χ3v) is 3.72. The van der Waals surface area contributed by atoms with Gasteiger partial charge in [-0.15, -0.1) is 0 Å². The maximum atomic E-state index is 11.2. The van der Waals surface area contributed by atoms with Gasteiger partial charge in [-0.1, -0.05) is 6.42 Å². The highest BCUT2D eigenvalue weighted by atomic mass is 16.1. The summed E-state index contributed by atoms with van der Waals surface area (Å²) in [6.45, 7) is 6.00. The van der Waals surface area contributed by atoms with Crippen LogP contribution in [-0.2, 0) is 0 Å². The van der Waals surface area contributed by atoms with E-state index in [9.17, 15) is 4.79 Å². The maximum Gasteiger partial charge on any atom is 0.159 e. The zero-order valence-electron chi connectivity index (χ0n) is 10.8. The van der Waals surface area contributed by atoms with Crippen molar-refractivity contribution in [3.63, 3.8) is 0 Å². The van der Waals surface area contributed by atoms with Crippen molar-refractivity contribution in [2.75, 3.05) is 18.0 Å². The van der Waals surface area contributed by atoms with Gasteiger partial charge in [0, 0.05) is 24.3 Å². The number of benzene rings is 1. The summed E-state index contributed by atoms with van der Waals surface area (Å²) in [7, 11) is 0. The summed E-state index contributed by atoms with van der Waals surface area (Å²) in [5.74, 6) is 1.01. The maximum absolute atomic E-state index is 11.2. The van der Waals surface area contributed by atoms with Gasteiger partial charge < -0.3 is 4.90 Å². The second-order valence-electron chi connectivity index (χ2n) is 4.94. The molecule has 1 aliphatic carbocycles. The number of Topliss-reactive ketones (excluding diaryl/α,β-unsaturated/α-hetero) is 1. The van der Waals surface area contributed by atoms with Crippen molar-refractivity contribution in [2.24, 2.45) is 5.92 Å². The molecule has 0 aliphatic heterocycles. The zero-order valence-corrected chi connectivity index (χ0v) is 10.8. The highest BCUT2D eigenvalue weighted by Gasteiger charge is 2.20. The Kier molecular flexibility index (Phi) is 3.82. The van der Waals surface area contributed by atoms with Crippen molar-refractivity contribution in [3.05, 3.63) is 29.8 Å². The van der Waals surface area contributed by atoms with Crippen LogP contribution < -0.4 is 4.90 Å². The molecule has 0 amide bonds. The van der Waals surface area contributed by atoms with Crippen LogP contribution in [0.5, 0.6) is 0 Å². The zero-order chi connectivity index (χ0) is 12.3. The molecule has 1 aromatic carbocycles. The van der Waals surface area contributed by atoms with Crippen molar-refractivity contribution < 1.29 is 4.79 Å². The van der Waals surface area contributed by atoms with E-state index >= 15 is 0 Å². The van der Waals surface area contributed by atoms with Crippen LogP contribution in [0, 0.1) is 5.92 Å². The summed E-state index contributed by atoms with van der Waals surface area (Å²) in [4.78, 5) is 13.6. The van der Waals surface area contributed by atoms with Crippen LogP contribution in [0.25, 0.3) is 0 Å². The Hall–Kier alpha value is -1.31. The molecule has 1 aromatic rings. The van der Waals surface area contributed by atoms with Gasteiger partial charge in [0.15, 0.2) is 5.78 Å². The standard InChI is InChI=1S/C15H21NO/c1-3-16(11-13-5-4-6-13)15-9-7-14(8-10-15)12(2)17/h7-10,13H,3-6,11H2,1-2H3. The Bertz CT molecular complexity index is 378. The van der Waals surface area contributed by atoms with Crippen LogP contribution in [0.15, 0.2) is 24.3 Å². The summed E-state index contributed by atoms with van der Waals surface area (Å²) in [5.41, 5.74) is 2.04. The Morgan fingerprint density at radius 3 is 2.35 bits per heavy atom. The van der Waals surface area contributed by atoms with Crippen LogP contribution in [0.1, 0.15) is 43.5 Å². The summed E-state index contributed by atoms with van der Waals surface area (Å²) in [5, 5.41) is 0. The van der Waals surface area contributed by atoms with Crippen molar-refractivity contribution in [3.8, 4) is 0 Å². The fourth-order valence-electron chi connectivity index (χ4n) is 2.31. The number of nitrogens with zero attached hydrogens (tertiary/aromatic N) is 1. The fraction of sp³-hybridized carbons (Fsp3) is 0.533. The van der Waals surface area contributed by atoms with Gasteiger partial charge in [0.05, 0.1) is 0 Å². The van der Waals surface area contributed by atoms with E-state index < -0.39 is 0 Å². The van der Waals surface area contributed by atoms with Crippen LogP contribution >= 0.6 is 0 Å². The minimum atomic E-state index is 0.138. The number of carbonyl (C=O) groups is 1. The Labute approximate surface area is 104 Å². The van der Waals surface area contributed by atoms with E-state index in [1.165, 1.54) is 24.9 Å². The average molecular weight is 231 g/mol. The molecule has 2 nitrogen and oxygen atoms in total. The number of hydrogen-bond donors (Lipinski definition) is 0. The molecule has 0 N–H and O–H groups in total. The van der Waals surface area contributed by atoms with E-state index in [1.54, 1.807) is 6.92 Å². The second-order valence-corrected chi connectivity index (χ2v) is 4.94. The van der Waals surface area contributed by atoms with Gasteiger partial charge in [-0.3, -0.25) is 4.79 Å². The second kappa shape index (κ2) is 5.35. The van der Waals surface area contributed by atoms with Gasteiger partial charge in [0.2, 0.25) is 0 Å². The van der Waals surface area contributed by atoms with Crippen LogP contribution in [0.3, 0.4) is 0 Å². The first kappa shape index (κ1) is 12.2. The molecule has 2 rings (SSSR count). The molecule has 1 aliphatic rings. The van der Waals surface area contributed by atoms with Crippen LogP contribution in [-0.4, -0.2) is 18.9 Å². The molecule has 92 valence electrons. The van der Waals surface area contributed by atoms with Crippen LogP contribution in [0.2, 0.25) is 0 Å². The van der Waals surface area contributed by atoms with Crippen LogP contribution in [0.4, 0.5) is 5.69 Å². The highest BCUT2D eigenvalue weighted by molar-refractivity contribution is 5.94. The molecule has 0 aromatic heterocycles. The smallest absolute Gasteiger partial charge is 0.159 e. The monoisotopic (exact) mass is 231 g/mol. The first-order chi connectivity index (χ1) is 8.20. The lowest BCUT2D eigenvalue weighted by atomic mass is 9.85. The van der Waals surface area contributed by atoms with Gasteiger partial charge in [-0.25, -0.2) is 0 Å². The largest absolute Gasteiger partial charge is 0.372 e. The quantitative estimate of drug-likeness (QED) is 0.723. The molecule has 2 heteroatoms. The Morgan fingerprint density at radius 1 is 1.29 bits per heavy atom. The van der Waals surface area contributed by atoms with E-state index in [-0.39, 0.29) is 5.78 Å². The molecule has 1 saturated carbocycles. The molecule has 0 unspecified atom stereocenters. The molecule has 0 heterocycles. The lowest BCUT2D eigenvalue weighted by Gasteiger charge is -2.33. The number of hydrogen-bond acceptors (Lipinski definition) is 2. The van der Waals surface area contributed by atoms with Gasteiger partial charge in [-0.2, -0.15) is 0 Å².